The quantitative estimate of drug-likeness (QED) is 0.774. The van der Waals surface area contributed by atoms with Crippen LogP contribution in [-0.2, 0) is 9.53 Å². The van der Waals surface area contributed by atoms with Gasteiger partial charge >= 0.3 is 5.97 Å². The highest BCUT2D eigenvalue weighted by atomic mass is 79.9. The zero-order valence-corrected chi connectivity index (χ0v) is 13.2. The van der Waals surface area contributed by atoms with Crippen molar-refractivity contribution in [2.75, 3.05) is 21.2 Å². The number of ether oxygens (including phenoxy) is 1. The summed E-state index contributed by atoms with van der Waals surface area (Å²) < 4.78 is 19.7. The summed E-state index contributed by atoms with van der Waals surface area (Å²) in [5.41, 5.74) is 0.497. The third-order valence-electron chi connectivity index (χ3n) is 3.16. The molecular formula is C14H19BrFNO2. The molecule has 0 N–H and O–H groups in total. The fraction of sp³-hybridized carbons (Fsp3) is 0.500. The zero-order valence-electron chi connectivity index (χ0n) is 11.6. The number of rotatable bonds is 5. The van der Waals surface area contributed by atoms with Gasteiger partial charge in [0.15, 0.2) is 0 Å². The molecule has 106 valence electrons. The number of esters is 1. The van der Waals surface area contributed by atoms with E-state index in [1.807, 2.05) is 25.9 Å². The molecule has 0 amide bonds. The van der Waals surface area contributed by atoms with E-state index in [2.05, 4.69) is 15.9 Å². The fourth-order valence-electron chi connectivity index (χ4n) is 2.27. The highest BCUT2D eigenvalue weighted by molar-refractivity contribution is 9.10. The van der Waals surface area contributed by atoms with Gasteiger partial charge in [0.1, 0.15) is 5.82 Å². The summed E-state index contributed by atoms with van der Waals surface area (Å²) in [6, 6.07) is 4.41. The Labute approximate surface area is 121 Å². The first kappa shape index (κ1) is 16.1. The van der Waals surface area contributed by atoms with Crippen LogP contribution in [0, 0.1) is 11.7 Å². The van der Waals surface area contributed by atoms with E-state index in [1.165, 1.54) is 13.2 Å². The van der Waals surface area contributed by atoms with Gasteiger partial charge in [-0.15, -0.1) is 0 Å². The zero-order chi connectivity index (χ0) is 14.6. The first-order valence-corrected chi connectivity index (χ1v) is 6.90. The third-order valence-corrected chi connectivity index (χ3v) is 3.65. The molecule has 5 heteroatoms. The van der Waals surface area contributed by atoms with Gasteiger partial charge in [-0.1, -0.05) is 22.9 Å². The first-order valence-electron chi connectivity index (χ1n) is 6.11. The number of benzene rings is 1. The van der Waals surface area contributed by atoms with E-state index in [4.69, 9.17) is 4.74 Å². The van der Waals surface area contributed by atoms with Crippen LogP contribution >= 0.6 is 15.9 Å². The Balaban J connectivity index is 3.26. The number of hydrogen-bond donors (Lipinski definition) is 0. The van der Waals surface area contributed by atoms with E-state index in [0.717, 1.165) is 4.47 Å². The third kappa shape index (κ3) is 3.76. The van der Waals surface area contributed by atoms with Gasteiger partial charge in [0.05, 0.1) is 19.1 Å². The molecule has 0 saturated carbocycles. The van der Waals surface area contributed by atoms with Crippen LogP contribution in [-0.4, -0.2) is 32.1 Å². The van der Waals surface area contributed by atoms with Crippen LogP contribution in [0.1, 0.15) is 24.9 Å². The SMILES string of the molecule is CCC(C(=O)OC)C(c1cc(Br)ccc1F)N(C)C. The topological polar surface area (TPSA) is 29.5 Å². The van der Waals surface area contributed by atoms with Gasteiger partial charge in [-0.25, -0.2) is 4.39 Å². The van der Waals surface area contributed by atoms with Crippen molar-refractivity contribution in [2.45, 2.75) is 19.4 Å². The Bertz CT molecular complexity index is 451. The van der Waals surface area contributed by atoms with Crippen LogP contribution in [0.5, 0.6) is 0 Å². The standard InChI is InChI=1S/C14H19BrFNO2/c1-5-10(14(18)19-4)13(17(2)3)11-8-9(15)6-7-12(11)16/h6-8,10,13H,5H2,1-4H3. The number of carbonyl (C=O) groups is 1. The number of methoxy groups -OCH3 is 1. The normalized spacial score (nSPS) is 14.3. The van der Waals surface area contributed by atoms with Gasteiger partial charge in [0.25, 0.3) is 0 Å². The minimum atomic E-state index is -0.399. The van der Waals surface area contributed by atoms with Gasteiger partial charge < -0.3 is 9.64 Å². The predicted octanol–water partition coefficient (Wildman–Crippen LogP) is 3.39. The minimum absolute atomic E-state index is 0.316. The monoisotopic (exact) mass is 331 g/mol. The summed E-state index contributed by atoms with van der Waals surface area (Å²) >= 11 is 3.34. The van der Waals surface area contributed by atoms with Gasteiger partial charge in [0.2, 0.25) is 0 Å². The number of halogens is 2. The minimum Gasteiger partial charge on any atom is -0.469 e. The molecule has 3 nitrogen and oxygen atoms in total. The van der Waals surface area contributed by atoms with Crippen LogP contribution in [0.4, 0.5) is 4.39 Å². The second-order valence-corrected chi connectivity index (χ2v) is 5.53. The lowest BCUT2D eigenvalue weighted by Gasteiger charge is -2.31. The molecule has 0 fully saturated rings. The molecule has 0 heterocycles. The average Bonchev–Trinajstić information content (AvgIpc) is 2.37. The molecule has 0 aliphatic carbocycles. The van der Waals surface area contributed by atoms with Gasteiger partial charge in [0, 0.05) is 10.0 Å². The van der Waals surface area contributed by atoms with Crippen LogP contribution in [0.25, 0.3) is 0 Å². The smallest absolute Gasteiger partial charge is 0.310 e. The Morgan fingerprint density at radius 2 is 2.11 bits per heavy atom. The summed E-state index contributed by atoms with van der Waals surface area (Å²) in [7, 11) is 5.02. The van der Waals surface area contributed by atoms with Crippen LogP contribution in [0.15, 0.2) is 22.7 Å². The van der Waals surface area contributed by atoms with Crippen molar-refractivity contribution in [1.29, 1.82) is 0 Å². The Morgan fingerprint density at radius 3 is 2.58 bits per heavy atom. The molecule has 0 aliphatic rings. The van der Waals surface area contributed by atoms with Crippen molar-refractivity contribution in [3.63, 3.8) is 0 Å². The molecule has 1 aromatic carbocycles. The van der Waals surface area contributed by atoms with Gasteiger partial charge in [-0.2, -0.15) is 0 Å². The lowest BCUT2D eigenvalue weighted by Crippen LogP contribution is -2.33. The lowest BCUT2D eigenvalue weighted by atomic mass is 9.89. The molecule has 0 saturated heterocycles. The maximum Gasteiger partial charge on any atom is 0.310 e. The van der Waals surface area contributed by atoms with E-state index in [0.29, 0.717) is 12.0 Å². The fourth-order valence-corrected chi connectivity index (χ4v) is 2.65. The van der Waals surface area contributed by atoms with Gasteiger partial charge in [-0.3, -0.25) is 4.79 Å². The first-order chi connectivity index (χ1) is 8.92. The van der Waals surface area contributed by atoms with Crippen molar-refractivity contribution in [1.82, 2.24) is 4.90 Å². The Kier molecular flexibility index (Phi) is 5.94. The molecular weight excluding hydrogens is 313 g/mol. The Hall–Kier alpha value is -0.940. The van der Waals surface area contributed by atoms with Crippen molar-refractivity contribution in [3.8, 4) is 0 Å². The number of nitrogens with zero attached hydrogens (tertiary/aromatic N) is 1. The van der Waals surface area contributed by atoms with E-state index in [1.54, 1.807) is 12.1 Å². The highest BCUT2D eigenvalue weighted by Gasteiger charge is 2.32. The summed E-state index contributed by atoms with van der Waals surface area (Å²) in [5, 5.41) is 0. The summed E-state index contributed by atoms with van der Waals surface area (Å²) in [5.74, 6) is -1.03. The van der Waals surface area contributed by atoms with Crippen LogP contribution in [0.2, 0.25) is 0 Å². The molecule has 0 radical (unpaired) electrons. The van der Waals surface area contributed by atoms with Crippen molar-refractivity contribution >= 4 is 21.9 Å². The van der Waals surface area contributed by atoms with E-state index in [9.17, 15) is 9.18 Å². The van der Waals surface area contributed by atoms with Gasteiger partial charge in [-0.05, 0) is 38.7 Å². The highest BCUT2D eigenvalue weighted by Crippen LogP contribution is 2.33. The molecule has 0 aromatic heterocycles. The number of hydrogen-bond acceptors (Lipinski definition) is 3. The second-order valence-electron chi connectivity index (χ2n) is 4.61. The molecule has 0 aliphatic heterocycles. The molecule has 0 spiro atoms. The van der Waals surface area contributed by atoms with E-state index in [-0.39, 0.29) is 17.8 Å². The molecule has 19 heavy (non-hydrogen) atoms. The molecule has 0 bridgehead atoms. The average molecular weight is 332 g/mol. The van der Waals surface area contributed by atoms with Crippen LogP contribution in [0.3, 0.4) is 0 Å². The maximum atomic E-state index is 14.0. The van der Waals surface area contributed by atoms with Crippen molar-refractivity contribution in [3.05, 3.63) is 34.1 Å². The predicted molar refractivity (Wildman–Crippen MR) is 76.3 cm³/mol. The molecule has 2 atom stereocenters. The number of carbonyl (C=O) groups excluding carboxylic acids is 1. The summed E-state index contributed by atoms with van der Waals surface area (Å²) in [4.78, 5) is 13.7. The van der Waals surface area contributed by atoms with Crippen LogP contribution < -0.4 is 0 Å². The lowest BCUT2D eigenvalue weighted by molar-refractivity contribution is -0.148. The van der Waals surface area contributed by atoms with Crippen molar-refractivity contribution in [2.24, 2.45) is 5.92 Å². The largest absolute Gasteiger partial charge is 0.469 e. The van der Waals surface area contributed by atoms with E-state index >= 15 is 0 Å². The van der Waals surface area contributed by atoms with Crippen molar-refractivity contribution < 1.29 is 13.9 Å². The summed E-state index contributed by atoms with van der Waals surface area (Å²) in [6.07, 6.45) is 0.585. The molecule has 1 aromatic rings. The molecule has 2 unspecified atom stereocenters. The maximum absolute atomic E-state index is 14.0. The summed E-state index contributed by atoms with van der Waals surface area (Å²) in [6.45, 7) is 1.90. The van der Waals surface area contributed by atoms with E-state index < -0.39 is 5.92 Å². The molecule has 1 rings (SSSR count). The Morgan fingerprint density at radius 1 is 1.47 bits per heavy atom. The second kappa shape index (κ2) is 7.01.